The third-order valence-electron chi connectivity index (χ3n) is 2.24. The van der Waals surface area contributed by atoms with Crippen molar-refractivity contribution >= 4 is 11.8 Å². The van der Waals surface area contributed by atoms with Crippen LogP contribution in [-0.4, -0.2) is 16.2 Å². The Morgan fingerprint density at radius 3 is 2.88 bits per heavy atom. The molecule has 5 heteroatoms. The van der Waals surface area contributed by atoms with Crippen molar-refractivity contribution in [2.24, 2.45) is 0 Å². The van der Waals surface area contributed by atoms with Gasteiger partial charge in [-0.15, -0.1) is 11.8 Å². The first-order valence-electron chi connectivity index (χ1n) is 4.89. The standard InChI is InChI=1S/C12H9N3OS/c1-17-12-10(7-13)15-9(6-11(12)16)8-4-2-3-5-14-8/h2-6H,1H3,(H,15,16). The molecule has 2 heterocycles. The van der Waals surface area contributed by atoms with Gasteiger partial charge in [0.25, 0.3) is 0 Å². The summed E-state index contributed by atoms with van der Waals surface area (Å²) in [7, 11) is 0. The summed E-state index contributed by atoms with van der Waals surface area (Å²) in [5.74, 6) is 0. The second-order valence-electron chi connectivity index (χ2n) is 3.28. The lowest BCUT2D eigenvalue weighted by Gasteiger charge is -2.04. The smallest absolute Gasteiger partial charge is 0.197 e. The fraction of sp³-hybridized carbons (Fsp3) is 0.0833. The van der Waals surface area contributed by atoms with Gasteiger partial charge in [0.2, 0.25) is 0 Å². The van der Waals surface area contributed by atoms with Gasteiger partial charge in [-0.2, -0.15) is 5.26 Å². The van der Waals surface area contributed by atoms with Crippen LogP contribution in [0.15, 0.2) is 40.2 Å². The summed E-state index contributed by atoms with van der Waals surface area (Å²) in [6.45, 7) is 0. The third-order valence-corrected chi connectivity index (χ3v) is 3.06. The van der Waals surface area contributed by atoms with Crippen LogP contribution in [0, 0.1) is 11.3 Å². The van der Waals surface area contributed by atoms with Crippen molar-refractivity contribution in [3.8, 4) is 17.5 Å². The van der Waals surface area contributed by atoms with Crippen LogP contribution in [0.2, 0.25) is 0 Å². The second kappa shape index (κ2) is 4.85. The molecule has 2 aromatic rings. The number of nitrogens with one attached hydrogen (secondary N) is 1. The van der Waals surface area contributed by atoms with Gasteiger partial charge in [0.15, 0.2) is 5.43 Å². The minimum absolute atomic E-state index is 0.159. The van der Waals surface area contributed by atoms with Gasteiger partial charge in [-0.25, -0.2) is 0 Å². The highest BCUT2D eigenvalue weighted by Crippen LogP contribution is 2.18. The fourth-order valence-electron chi connectivity index (χ4n) is 1.49. The van der Waals surface area contributed by atoms with E-state index < -0.39 is 0 Å². The highest BCUT2D eigenvalue weighted by atomic mass is 32.2. The lowest BCUT2D eigenvalue weighted by atomic mass is 10.2. The molecule has 0 aliphatic heterocycles. The van der Waals surface area contributed by atoms with E-state index in [9.17, 15) is 4.79 Å². The molecule has 0 aliphatic carbocycles. The van der Waals surface area contributed by atoms with E-state index in [-0.39, 0.29) is 11.1 Å². The predicted octanol–water partition coefficient (Wildman–Crippen LogP) is 2.03. The number of rotatable bonds is 2. The topological polar surface area (TPSA) is 69.5 Å². The van der Waals surface area contributed by atoms with Gasteiger partial charge in [-0.1, -0.05) is 6.07 Å². The SMILES string of the molecule is CSc1c(C#N)[nH]c(-c2ccccn2)cc1=O. The zero-order valence-corrected chi connectivity index (χ0v) is 9.91. The maximum atomic E-state index is 11.8. The number of nitriles is 1. The molecule has 4 nitrogen and oxygen atoms in total. The Labute approximate surface area is 102 Å². The Hall–Kier alpha value is -2.06. The summed E-state index contributed by atoms with van der Waals surface area (Å²) in [6, 6.07) is 8.87. The van der Waals surface area contributed by atoms with Gasteiger partial charge in [0.1, 0.15) is 11.8 Å². The summed E-state index contributed by atoms with van der Waals surface area (Å²) in [6.07, 6.45) is 3.41. The van der Waals surface area contributed by atoms with E-state index in [1.807, 2.05) is 12.1 Å². The quantitative estimate of drug-likeness (QED) is 0.819. The van der Waals surface area contributed by atoms with E-state index in [1.165, 1.54) is 17.8 Å². The summed E-state index contributed by atoms with van der Waals surface area (Å²) in [5, 5.41) is 8.99. The van der Waals surface area contributed by atoms with Crippen molar-refractivity contribution in [2.75, 3.05) is 6.26 Å². The molecule has 0 atom stereocenters. The van der Waals surface area contributed by atoms with Crippen LogP contribution in [-0.2, 0) is 0 Å². The molecule has 0 aliphatic rings. The molecule has 0 amide bonds. The fourth-order valence-corrected chi connectivity index (χ4v) is 2.05. The zero-order valence-electron chi connectivity index (χ0n) is 9.10. The Morgan fingerprint density at radius 2 is 2.29 bits per heavy atom. The Morgan fingerprint density at radius 1 is 1.47 bits per heavy atom. The average Bonchev–Trinajstić information content (AvgIpc) is 2.38. The molecule has 0 unspecified atom stereocenters. The maximum Gasteiger partial charge on any atom is 0.197 e. The molecule has 0 fully saturated rings. The van der Waals surface area contributed by atoms with Crippen molar-refractivity contribution < 1.29 is 0 Å². The van der Waals surface area contributed by atoms with E-state index in [0.29, 0.717) is 16.3 Å². The van der Waals surface area contributed by atoms with Crippen molar-refractivity contribution in [2.45, 2.75) is 4.90 Å². The van der Waals surface area contributed by atoms with Crippen LogP contribution in [0.25, 0.3) is 11.4 Å². The van der Waals surface area contributed by atoms with Crippen LogP contribution in [0.4, 0.5) is 0 Å². The largest absolute Gasteiger partial charge is 0.344 e. The van der Waals surface area contributed by atoms with Crippen molar-refractivity contribution in [1.82, 2.24) is 9.97 Å². The van der Waals surface area contributed by atoms with E-state index >= 15 is 0 Å². The Kier molecular flexibility index (Phi) is 3.26. The first-order valence-corrected chi connectivity index (χ1v) is 6.11. The first kappa shape index (κ1) is 11.4. The molecule has 0 aromatic carbocycles. The molecule has 0 bridgehead atoms. The van der Waals surface area contributed by atoms with Gasteiger partial charge in [-0.05, 0) is 18.4 Å². The average molecular weight is 243 g/mol. The molecular formula is C12H9N3OS. The monoisotopic (exact) mass is 243 g/mol. The number of aromatic amines is 1. The molecule has 0 spiro atoms. The predicted molar refractivity (Wildman–Crippen MR) is 66.8 cm³/mol. The number of nitrogens with zero attached hydrogens (tertiary/aromatic N) is 2. The summed E-state index contributed by atoms with van der Waals surface area (Å²) < 4.78 is 0. The Bertz CT molecular complexity index is 628. The second-order valence-corrected chi connectivity index (χ2v) is 4.10. The van der Waals surface area contributed by atoms with Crippen molar-refractivity contribution in [1.29, 1.82) is 5.26 Å². The van der Waals surface area contributed by atoms with Gasteiger partial charge in [-0.3, -0.25) is 9.78 Å². The molecule has 84 valence electrons. The van der Waals surface area contributed by atoms with E-state index in [4.69, 9.17) is 5.26 Å². The molecule has 0 saturated heterocycles. The van der Waals surface area contributed by atoms with E-state index in [0.717, 1.165) is 0 Å². The minimum atomic E-state index is -0.159. The zero-order chi connectivity index (χ0) is 12.3. The van der Waals surface area contributed by atoms with Crippen LogP contribution in [0.3, 0.4) is 0 Å². The third kappa shape index (κ3) is 2.22. The van der Waals surface area contributed by atoms with E-state index in [1.54, 1.807) is 24.6 Å². The summed E-state index contributed by atoms with van der Waals surface area (Å²) in [4.78, 5) is 19.3. The van der Waals surface area contributed by atoms with Gasteiger partial charge in [0, 0.05) is 12.3 Å². The van der Waals surface area contributed by atoms with Gasteiger partial charge in [0.05, 0.1) is 16.3 Å². The number of hydrogen-bond donors (Lipinski definition) is 1. The summed E-state index contributed by atoms with van der Waals surface area (Å²) in [5.41, 5.74) is 1.33. The van der Waals surface area contributed by atoms with Crippen molar-refractivity contribution in [3.05, 3.63) is 46.4 Å². The van der Waals surface area contributed by atoms with Crippen LogP contribution >= 0.6 is 11.8 Å². The lowest BCUT2D eigenvalue weighted by molar-refractivity contribution is 1.13. The normalized spacial score (nSPS) is 9.88. The Balaban J connectivity index is 2.64. The molecule has 2 aromatic heterocycles. The first-order chi connectivity index (χ1) is 8.26. The molecule has 17 heavy (non-hydrogen) atoms. The van der Waals surface area contributed by atoms with Gasteiger partial charge >= 0.3 is 0 Å². The number of H-pyrrole nitrogens is 1. The number of aromatic nitrogens is 2. The van der Waals surface area contributed by atoms with Crippen LogP contribution in [0.1, 0.15) is 5.69 Å². The minimum Gasteiger partial charge on any atom is -0.344 e. The van der Waals surface area contributed by atoms with Gasteiger partial charge < -0.3 is 4.98 Å². The highest BCUT2D eigenvalue weighted by Gasteiger charge is 2.09. The molecule has 0 saturated carbocycles. The maximum absolute atomic E-state index is 11.8. The summed E-state index contributed by atoms with van der Waals surface area (Å²) >= 11 is 1.26. The number of pyridine rings is 2. The number of hydrogen-bond acceptors (Lipinski definition) is 4. The molecule has 2 rings (SSSR count). The molecule has 1 N–H and O–H groups in total. The van der Waals surface area contributed by atoms with Crippen molar-refractivity contribution in [3.63, 3.8) is 0 Å². The van der Waals surface area contributed by atoms with Crippen LogP contribution in [0.5, 0.6) is 0 Å². The lowest BCUT2D eigenvalue weighted by Crippen LogP contribution is -2.08. The van der Waals surface area contributed by atoms with Crippen LogP contribution < -0.4 is 5.43 Å². The highest BCUT2D eigenvalue weighted by molar-refractivity contribution is 7.98. The van der Waals surface area contributed by atoms with E-state index in [2.05, 4.69) is 9.97 Å². The number of thioether (sulfide) groups is 1. The molecular weight excluding hydrogens is 234 g/mol. The molecule has 0 radical (unpaired) electrons.